The van der Waals surface area contributed by atoms with Gasteiger partial charge in [-0.2, -0.15) is 0 Å². The zero-order valence-corrected chi connectivity index (χ0v) is 93.3. The molecule has 43 heteroatoms. The lowest BCUT2D eigenvalue weighted by atomic mass is 9.49. The third-order valence-electron chi connectivity index (χ3n) is 26.4. The van der Waals surface area contributed by atoms with E-state index in [0.717, 1.165) is 91.1 Å². The molecular weight excluding hydrogens is 2180 g/mol. The highest BCUT2D eigenvalue weighted by Gasteiger charge is 2.64. The largest absolute Gasteiger partial charge is 0.496 e. The Morgan fingerprint density at radius 3 is 1.16 bits per heavy atom. The minimum absolute atomic E-state index is 0.180. The first-order valence-electron chi connectivity index (χ1n) is 48.3. The summed E-state index contributed by atoms with van der Waals surface area (Å²) in [7, 11) is -2.67. The number of benzene rings is 3. The van der Waals surface area contributed by atoms with Gasteiger partial charge in [0, 0.05) is 163 Å². The van der Waals surface area contributed by atoms with E-state index >= 15 is 0 Å². The van der Waals surface area contributed by atoms with Crippen molar-refractivity contribution in [1.82, 2.24) is 83.0 Å². The molecule has 0 bridgehead atoms. The summed E-state index contributed by atoms with van der Waals surface area (Å²) in [5, 5.41) is 23.8. The van der Waals surface area contributed by atoms with Crippen molar-refractivity contribution in [3.05, 3.63) is 305 Å². The fraction of sp³-hybridized carbons (Fsp3) is 0.349. The minimum atomic E-state index is -1.17. The number of H-pyrrole nitrogens is 3. The van der Waals surface area contributed by atoms with Crippen LogP contribution in [0.1, 0.15) is 198 Å². The van der Waals surface area contributed by atoms with Gasteiger partial charge in [0.05, 0.1) is 85.4 Å². The van der Waals surface area contributed by atoms with Gasteiger partial charge in [-0.1, -0.05) is 52.5 Å². The van der Waals surface area contributed by atoms with Crippen molar-refractivity contribution < 1.29 is 73.1 Å². The number of aromatic amines is 3. The van der Waals surface area contributed by atoms with Crippen molar-refractivity contribution in [1.29, 1.82) is 0 Å². The molecule has 3 aliphatic rings. The second-order valence-electron chi connectivity index (χ2n) is 39.8. The van der Waals surface area contributed by atoms with Crippen LogP contribution < -0.4 is 16.1 Å². The topological polar surface area (TPSA) is 322 Å². The number of nitrogens with zero attached hydrogens (tertiary/aromatic N) is 14. The third kappa shape index (κ3) is 27.4. The van der Waals surface area contributed by atoms with Gasteiger partial charge in [-0.25, -0.2) is 70.0 Å². The van der Waals surface area contributed by atoms with Crippen molar-refractivity contribution in [3.8, 4) is 22.5 Å². The van der Waals surface area contributed by atoms with Crippen molar-refractivity contribution in [2.45, 2.75) is 230 Å². The standard InChI is InChI=1S/2C25H24F2N6.C20H18BrFN4.C12H24B2O4.C12H17BFNO2.C6H5BrFN.C5H2Br2FN.CH5BO2/c2*1-14(2)22-12-31-25-24(28-8-7-16-10-30-20-6-4-5-18(26)23(16)20)32-21(13-33(22)25)17-9-19(27)15(3)29-11-17;1-12(2)17-10-24-20-16(25-18(21)11-26(17)20)8-3-5-13-9-23-15-7-4-6-14(22)19(13)15;1-9(2)10(3,4)16-13(15-9)14-17-11(5,6)12(7,8)18-14;1-8-10(14)6-9(7-15-8)13-16-11(2,3)12(4,5)17-13;1-4-6(8)2-5(7)3-9-4;6-3-1-4(8)5(7)9-2-3;1-2(3)4/h2*4-6,9-14,30H,7-8H2,1-3H3,(H,28,32);4,6-7,9-11,23H,1,3,5,8H2,2H3;1-8H3;6-7H,1-5H3;2-3H,1H3;1-2H;3-4H,1H3. The first-order valence-corrected chi connectivity index (χ1v) is 51.5. The summed E-state index contributed by atoms with van der Waals surface area (Å²) in [4.78, 5) is 56.8. The highest BCUT2D eigenvalue weighted by Crippen LogP contribution is 2.44. The maximum atomic E-state index is 14.3. The van der Waals surface area contributed by atoms with Crippen LogP contribution >= 0.6 is 63.7 Å². The molecule has 27 nitrogen and oxygen atoms in total. The predicted molar refractivity (Wildman–Crippen MR) is 586 cm³/mol. The van der Waals surface area contributed by atoms with Gasteiger partial charge in [-0.05, 0) is 321 Å². The maximum Gasteiger partial charge on any atom is 0.496 e. The molecule has 17 heterocycles. The van der Waals surface area contributed by atoms with Crippen LogP contribution in [0.3, 0.4) is 0 Å². The Hall–Kier alpha value is -11.5. The van der Waals surface area contributed by atoms with Gasteiger partial charge in [-0.15, -0.1) is 0 Å². The first-order chi connectivity index (χ1) is 70.1. The normalized spacial score (nSPS) is 14.9. The highest BCUT2D eigenvalue weighted by atomic mass is 79.9. The van der Waals surface area contributed by atoms with Crippen LogP contribution in [0.5, 0.6) is 0 Å². The number of fused-ring (bicyclic) bond motifs is 6. The molecule has 3 saturated heterocycles. The number of hydrogen-bond donors (Lipinski definition) is 7. The van der Waals surface area contributed by atoms with Crippen LogP contribution in [0.15, 0.2) is 196 Å². The van der Waals surface area contributed by atoms with Crippen molar-refractivity contribution >= 4 is 164 Å². The van der Waals surface area contributed by atoms with E-state index in [1.807, 2.05) is 177 Å². The zero-order chi connectivity index (χ0) is 109. The van der Waals surface area contributed by atoms with E-state index < -0.39 is 39.5 Å². The van der Waals surface area contributed by atoms with Gasteiger partial charge < -0.3 is 63.6 Å². The van der Waals surface area contributed by atoms with Gasteiger partial charge in [0.2, 0.25) is 0 Å². The molecule has 782 valence electrons. The Labute approximate surface area is 895 Å². The minimum Gasteiger partial charge on any atom is -0.427 e. The Bertz CT molecular complexity index is 7300. The number of allylic oxidation sites excluding steroid dienone is 1. The Morgan fingerprint density at radius 1 is 0.430 bits per heavy atom. The summed E-state index contributed by atoms with van der Waals surface area (Å²) in [5.74, 6) is -0.728. The summed E-state index contributed by atoms with van der Waals surface area (Å²) in [6, 6.07) is 22.2. The first kappa shape index (κ1) is 115. The molecule has 3 fully saturated rings. The molecule has 17 aromatic rings. The monoisotopic (exact) mass is 2300 g/mol. The molecule has 20 rings (SSSR count). The zero-order valence-electron chi connectivity index (χ0n) is 86.9. The van der Waals surface area contributed by atoms with E-state index in [9.17, 15) is 35.1 Å². The van der Waals surface area contributed by atoms with Crippen LogP contribution in [0.2, 0.25) is 6.82 Å². The SMILES string of the molecule is C=C(C)c1cnc2c(CCCc3c[nH]c4cccc(F)c34)nc(Br)cn12.CB(O)O.CC1(C)OB(B2OC(C)(C)C(C)(C)O2)OC1(C)C.Cc1ncc(-c2cn3c(C(C)C)cnc3c(NCCc3c[nH]c4cccc(F)c34)n2)cc1F.Cc1ncc(-c2cn3c(C(C)C)cnc3c(NCCc3c[nH]c4cccc(F)c34)n2)cc1F.Cc1ncc(B2OC(C)(C)C(C)(C)O2)cc1F.Cc1ncc(Br)cc1F.Fc1cc(Br)cnc1Br. The summed E-state index contributed by atoms with van der Waals surface area (Å²) in [6.45, 7) is 47.2. The van der Waals surface area contributed by atoms with Gasteiger partial charge in [0.15, 0.2) is 34.4 Å². The van der Waals surface area contributed by atoms with E-state index in [1.165, 1.54) is 61.6 Å². The molecule has 0 aliphatic carbocycles. The van der Waals surface area contributed by atoms with Gasteiger partial charge in [0.25, 0.3) is 0 Å². The molecule has 14 aromatic heterocycles. The molecule has 0 radical (unpaired) electrons. The molecule has 0 amide bonds. The predicted octanol–water partition coefficient (Wildman–Crippen LogP) is 24.8. The van der Waals surface area contributed by atoms with Gasteiger partial charge in [0.1, 0.15) is 49.9 Å². The van der Waals surface area contributed by atoms with Gasteiger partial charge in [-0.3, -0.25) is 33.1 Å². The fourth-order valence-corrected chi connectivity index (χ4v) is 17.2. The van der Waals surface area contributed by atoms with Crippen LogP contribution in [0.4, 0.5) is 46.8 Å². The maximum absolute atomic E-state index is 14.3. The Balaban J connectivity index is 0.000000150. The van der Waals surface area contributed by atoms with Crippen LogP contribution in [-0.2, 0) is 53.6 Å². The molecule has 0 atom stereocenters. The van der Waals surface area contributed by atoms with E-state index in [-0.39, 0.29) is 85.4 Å². The third-order valence-corrected chi connectivity index (χ3v) is 28.2. The van der Waals surface area contributed by atoms with Crippen molar-refractivity contribution in [2.75, 3.05) is 23.7 Å². The number of pyridine rings is 5. The molecule has 0 saturated carbocycles. The fourth-order valence-electron chi connectivity index (χ4n) is 16.0. The summed E-state index contributed by atoms with van der Waals surface area (Å²) in [6.07, 6.45) is 28.2. The van der Waals surface area contributed by atoms with Crippen LogP contribution in [0.25, 0.3) is 77.7 Å². The Kier molecular flexibility index (Phi) is 37.0. The summed E-state index contributed by atoms with van der Waals surface area (Å²) in [5.41, 5.74) is 14.5. The second-order valence-corrected chi connectivity index (χ2v) is 43.2. The van der Waals surface area contributed by atoms with E-state index in [0.29, 0.717) is 125 Å². The van der Waals surface area contributed by atoms with E-state index in [1.54, 1.807) is 70.7 Å². The lowest BCUT2D eigenvalue weighted by molar-refractivity contribution is 0.00578. The lowest BCUT2D eigenvalue weighted by Crippen LogP contribution is -2.41. The number of anilines is 2. The molecule has 0 spiro atoms. The number of nitrogens with one attached hydrogen (secondary N) is 5. The number of halogens is 12. The molecule has 3 aromatic carbocycles. The van der Waals surface area contributed by atoms with Crippen molar-refractivity contribution in [2.24, 2.45) is 0 Å². The molecule has 7 N–H and O–H groups in total. The highest BCUT2D eigenvalue weighted by molar-refractivity contribution is 9.11. The smallest absolute Gasteiger partial charge is 0.427 e. The van der Waals surface area contributed by atoms with Crippen LogP contribution in [-0.4, -0.2) is 168 Å². The van der Waals surface area contributed by atoms with Gasteiger partial charge >= 0.3 is 28.3 Å². The summed E-state index contributed by atoms with van der Waals surface area (Å²) < 4.78 is 153. The average Bonchev–Trinajstić information content (AvgIpc) is 1.60. The quantitative estimate of drug-likeness (QED) is 0.0225. The van der Waals surface area contributed by atoms with E-state index in [4.69, 9.17) is 47.9 Å². The average molecular weight is 2300 g/mol. The number of rotatable bonds is 19. The Morgan fingerprint density at radius 2 is 0.792 bits per heavy atom. The number of aryl methyl sites for hydroxylation is 6. The molecular formula is C106H119B4Br4F8N19O8. The summed E-state index contributed by atoms with van der Waals surface area (Å²) >= 11 is 12.6. The number of hydrogen-bond acceptors (Lipinski definition) is 21. The second kappa shape index (κ2) is 48.0. The molecule has 0 unspecified atom stereocenters. The number of aromatic nitrogens is 17. The van der Waals surface area contributed by atoms with Crippen molar-refractivity contribution in [3.63, 3.8) is 0 Å². The molecule has 3 aliphatic heterocycles. The molecule has 149 heavy (non-hydrogen) atoms. The van der Waals surface area contributed by atoms with Crippen LogP contribution in [0, 0.1) is 74.2 Å². The lowest BCUT2D eigenvalue weighted by Gasteiger charge is -2.32. The number of imidazole rings is 3. The van der Waals surface area contributed by atoms with E-state index in [2.05, 4.69) is 168 Å².